The summed E-state index contributed by atoms with van der Waals surface area (Å²) in [5.74, 6) is 0.347. The number of aromatic hydroxyl groups is 1. The van der Waals surface area contributed by atoms with Gasteiger partial charge >= 0.3 is 0 Å². The smallest absolute Gasteiger partial charge is 0.225 e. The van der Waals surface area contributed by atoms with Gasteiger partial charge in [-0.15, -0.1) is 0 Å². The Labute approximate surface area is 134 Å². The summed E-state index contributed by atoms with van der Waals surface area (Å²) in [6, 6.07) is 6.70. The van der Waals surface area contributed by atoms with Crippen molar-refractivity contribution in [3.05, 3.63) is 47.9 Å². The maximum atomic E-state index is 11.4. The van der Waals surface area contributed by atoms with Crippen molar-refractivity contribution in [2.75, 3.05) is 6.26 Å². The van der Waals surface area contributed by atoms with E-state index in [1.54, 1.807) is 30.5 Å². The van der Waals surface area contributed by atoms with Crippen LogP contribution in [0.25, 0.3) is 17.1 Å². The largest absolute Gasteiger partial charge is 0.612 e. The lowest BCUT2D eigenvalue weighted by atomic mass is 10.2. The molecule has 8 heteroatoms. The molecule has 0 aliphatic heterocycles. The van der Waals surface area contributed by atoms with E-state index in [4.69, 9.17) is 11.6 Å². The fourth-order valence-electron chi connectivity index (χ4n) is 1.89. The Hall–Kier alpha value is -2.09. The highest BCUT2D eigenvalue weighted by Gasteiger charge is 2.15. The van der Waals surface area contributed by atoms with Gasteiger partial charge in [-0.2, -0.15) is 9.78 Å². The molecular weight excluding hydrogens is 324 g/mol. The van der Waals surface area contributed by atoms with Crippen LogP contribution < -0.4 is 0 Å². The number of halogens is 1. The van der Waals surface area contributed by atoms with Gasteiger partial charge in [0.1, 0.15) is 6.26 Å². The summed E-state index contributed by atoms with van der Waals surface area (Å²) in [5, 5.41) is 14.9. The van der Waals surface area contributed by atoms with Crippen LogP contribution in [0.3, 0.4) is 0 Å². The maximum absolute atomic E-state index is 11.4. The molecule has 0 radical (unpaired) electrons. The molecule has 1 atom stereocenters. The molecule has 3 rings (SSSR count). The van der Waals surface area contributed by atoms with Gasteiger partial charge in [0, 0.05) is 6.20 Å². The summed E-state index contributed by atoms with van der Waals surface area (Å²) in [5.41, 5.74) is 1.03. The zero-order valence-electron chi connectivity index (χ0n) is 11.5. The van der Waals surface area contributed by atoms with Crippen LogP contribution in [0.15, 0.2) is 47.8 Å². The fraction of sp³-hybridized carbons (Fsp3) is 0.0714. The van der Waals surface area contributed by atoms with Crippen LogP contribution in [0.5, 0.6) is 5.88 Å². The fourth-order valence-corrected chi connectivity index (χ4v) is 2.47. The molecule has 1 unspecified atom stereocenters. The first-order chi connectivity index (χ1) is 10.6. The van der Waals surface area contributed by atoms with Gasteiger partial charge in [0.05, 0.1) is 28.7 Å². The minimum atomic E-state index is -1.10. The Morgan fingerprint density at radius 3 is 2.55 bits per heavy atom. The maximum Gasteiger partial charge on any atom is 0.225 e. The van der Waals surface area contributed by atoms with Crippen LogP contribution in [-0.4, -0.2) is 35.7 Å². The van der Waals surface area contributed by atoms with Crippen molar-refractivity contribution in [2.24, 2.45) is 0 Å². The highest BCUT2D eigenvalue weighted by molar-refractivity contribution is 7.90. The zero-order chi connectivity index (χ0) is 15.7. The molecular formula is C14H11ClN4O2S. The molecule has 3 aromatic rings. The van der Waals surface area contributed by atoms with Crippen LogP contribution in [0.4, 0.5) is 0 Å². The van der Waals surface area contributed by atoms with Crippen LogP contribution in [-0.2, 0) is 11.2 Å². The number of rotatable bonds is 3. The number of hydrogen-bond donors (Lipinski definition) is 1. The zero-order valence-corrected chi connectivity index (χ0v) is 13.0. The lowest BCUT2D eigenvalue weighted by Crippen LogP contribution is -2.02. The summed E-state index contributed by atoms with van der Waals surface area (Å²) >= 11 is 4.70. The van der Waals surface area contributed by atoms with Gasteiger partial charge in [-0.1, -0.05) is 11.6 Å². The van der Waals surface area contributed by atoms with Crippen molar-refractivity contribution in [1.82, 2.24) is 19.7 Å². The molecule has 0 aliphatic carbocycles. The van der Waals surface area contributed by atoms with Crippen LogP contribution in [0.2, 0.25) is 5.02 Å². The molecule has 6 nitrogen and oxygen atoms in total. The van der Waals surface area contributed by atoms with Crippen molar-refractivity contribution in [3.63, 3.8) is 0 Å². The molecule has 112 valence electrons. The summed E-state index contributed by atoms with van der Waals surface area (Å²) in [6.07, 6.45) is 6.07. The molecule has 0 amide bonds. The van der Waals surface area contributed by atoms with Crippen molar-refractivity contribution in [3.8, 4) is 23.0 Å². The third-order valence-corrected chi connectivity index (χ3v) is 4.15. The molecule has 0 bridgehead atoms. The second kappa shape index (κ2) is 5.96. The van der Waals surface area contributed by atoms with Crippen molar-refractivity contribution in [1.29, 1.82) is 0 Å². The quantitative estimate of drug-likeness (QED) is 0.743. The SMILES string of the molecule is C[S+]([O-])c1ccc(-n2ncc(-c3ccc(Cl)cn3)c2O)nc1. The van der Waals surface area contributed by atoms with E-state index in [0.717, 1.165) is 0 Å². The second-order valence-corrected chi connectivity index (χ2v) is 6.28. The normalized spacial score (nSPS) is 12.3. The summed E-state index contributed by atoms with van der Waals surface area (Å²) in [6.45, 7) is 0. The lowest BCUT2D eigenvalue weighted by molar-refractivity contribution is 0.433. The second-order valence-electron chi connectivity index (χ2n) is 4.46. The molecule has 3 aromatic heterocycles. The third-order valence-electron chi connectivity index (χ3n) is 3.02. The van der Waals surface area contributed by atoms with Crippen LogP contribution >= 0.6 is 11.6 Å². The van der Waals surface area contributed by atoms with Crippen molar-refractivity contribution >= 4 is 22.8 Å². The Balaban J connectivity index is 1.98. The van der Waals surface area contributed by atoms with E-state index < -0.39 is 11.2 Å². The first kappa shape index (κ1) is 14.8. The van der Waals surface area contributed by atoms with Gasteiger partial charge in [0.15, 0.2) is 10.7 Å². The highest BCUT2D eigenvalue weighted by atomic mass is 35.5. The molecule has 1 N–H and O–H groups in total. The minimum absolute atomic E-state index is 0.0762. The molecule has 0 spiro atoms. The van der Waals surface area contributed by atoms with E-state index in [1.807, 2.05) is 0 Å². The average Bonchev–Trinajstić information content (AvgIpc) is 2.90. The van der Waals surface area contributed by atoms with Gasteiger partial charge in [0.25, 0.3) is 0 Å². The molecule has 0 saturated carbocycles. The number of hydrogen-bond acceptors (Lipinski definition) is 5. The number of nitrogens with zero attached hydrogens (tertiary/aromatic N) is 4. The lowest BCUT2D eigenvalue weighted by Gasteiger charge is -2.06. The van der Waals surface area contributed by atoms with Crippen LogP contribution in [0, 0.1) is 0 Å². The average molecular weight is 335 g/mol. The topological polar surface area (TPSA) is 86.9 Å². The van der Waals surface area contributed by atoms with Gasteiger partial charge in [-0.05, 0) is 35.4 Å². The molecule has 0 fully saturated rings. The van der Waals surface area contributed by atoms with E-state index in [2.05, 4.69) is 15.1 Å². The molecule has 22 heavy (non-hydrogen) atoms. The molecule has 0 aromatic carbocycles. The van der Waals surface area contributed by atoms with Gasteiger partial charge in [0.2, 0.25) is 5.88 Å². The molecule has 0 aliphatic rings. The van der Waals surface area contributed by atoms with E-state index in [-0.39, 0.29) is 5.88 Å². The van der Waals surface area contributed by atoms with E-state index >= 15 is 0 Å². The highest BCUT2D eigenvalue weighted by Crippen LogP contribution is 2.29. The summed E-state index contributed by atoms with van der Waals surface area (Å²) < 4.78 is 12.6. The standard InChI is InChI=1S/C14H11ClN4O2S/c1-22(21)10-3-5-13(17-7-10)19-14(20)11(8-18-19)12-4-2-9(15)6-16-12/h2-8,20H,1H3. The van der Waals surface area contributed by atoms with Gasteiger partial charge < -0.3 is 9.66 Å². The van der Waals surface area contributed by atoms with Gasteiger partial charge in [-0.3, -0.25) is 4.98 Å². The molecule has 0 saturated heterocycles. The van der Waals surface area contributed by atoms with E-state index in [9.17, 15) is 9.66 Å². The van der Waals surface area contributed by atoms with E-state index in [0.29, 0.717) is 27.0 Å². The minimum Gasteiger partial charge on any atom is -0.612 e. The Bertz CT molecular complexity index is 788. The predicted molar refractivity (Wildman–Crippen MR) is 83.6 cm³/mol. The number of aromatic nitrogens is 4. The van der Waals surface area contributed by atoms with Crippen molar-refractivity contribution < 1.29 is 9.66 Å². The Morgan fingerprint density at radius 1 is 1.14 bits per heavy atom. The third kappa shape index (κ3) is 2.78. The first-order valence-corrected chi connectivity index (χ1v) is 8.18. The Kier molecular flexibility index (Phi) is 4.02. The van der Waals surface area contributed by atoms with Crippen molar-refractivity contribution in [2.45, 2.75) is 4.90 Å². The first-order valence-electron chi connectivity index (χ1n) is 6.25. The van der Waals surface area contributed by atoms with E-state index in [1.165, 1.54) is 23.3 Å². The Morgan fingerprint density at radius 2 is 1.95 bits per heavy atom. The number of pyridine rings is 2. The van der Waals surface area contributed by atoms with Gasteiger partial charge in [-0.25, -0.2) is 4.98 Å². The molecule has 3 heterocycles. The van der Waals surface area contributed by atoms with Crippen LogP contribution in [0.1, 0.15) is 0 Å². The summed E-state index contributed by atoms with van der Waals surface area (Å²) in [4.78, 5) is 8.91. The predicted octanol–water partition coefficient (Wildman–Crippen LogP) is 2.43. The monoisotopic (exact) mass is 334 g/mol. The summed E-state index contributed by atoms with van der Waals surface area (Å²) in [7, 11) is 0.